The Hall–Kier alpha value is -1.63. The van der Waals surface area contributed by atoms with Gasteiger partial charge in [0.15, 0.2) is 6.29 Å². The van der Waals surface area contributed by atoms with Gasteiger partial charge in [0.05, 0.1) is 18.8 Å². The van der Waals surface area contributed by atoms with Crippen LogP contribution in [-0.4, -0.2) is 44.9 Å². The first-order valence-electron chi connectivity index (χ1n) is 7.12. The summed E-state index contributed by atoms with van der Waals surface area (Å²) in [7, 11) is 3.10. The lowest BCUT2D eigenvalue weighted by molar-refractivity contribution is -0.275. The zero-order valence-electron chi connectivity index (χ0n) is 13.0. The molecular formula is C15H21N3O4. The van der Waals surface area contributed by atoms with Crippen molar-refractivity contribution < 1.29 is 18.9 Å². The second kappa shape index (κ2) is 8.12. The lowest BCUT2D eigenvalue weighted by Gasteiger charge is -2.42. The van der Waals surface area contributed by atoms with Crippen molar-refractivity contribution in [2.45, 2.75) is 44.2 Å². The van der Waals surface area contributed by atoms with Crippen molar-refractivity contribution in [2.75, 3.05) is 14.2 Å². The third kappa shape index (κ3) is 3.76. The zero-order valence-corrected chi connectivity index (χ0v) is 13.0. The number of rotatable bonds is 6. The fraction of sp³-hybridized carbons (Fsp3) is 0.600. The van der Waals surface area contributed by atoms with Crippen molar-refractivity contribution in [3.05, 3.63) is 46.3 Å². The van der Waals surface area contributed by atoms with E-state index in [0.29, 0.717) is 6.61 Å². The van der Waals surface area contributed by atoms with Gasteiger partial charge in [-0.2, -0.15) is 0 Å². The van der Waals surface area contributed by atoms with E-state index in [-0.39, 0.29) is 6.10 Å². The van der Waals surface area contributed by atoms with Gasteiger partial charge in [-0.05, 0) is 18.0 Å². The first kappa shape index (κ1) is 16.7. The summed E-state index contributed by atoms with van der Waals surface area (Å²) >= 11 is 0. The van der Waals surface area contributed by atoms with Crippen LogP contribution in [0.15, 0.2) is 35.4 Å². The van der Waals surface area contributed by atoms with Crippen molar-refractivity contribution in [2.24, 2.45) is 5.11 Å². The predicted molar refractivity (Wildman–Crippen MR) is 80.1 cm³/mol. The molecule has 1 saturated heterocycles. The van der Waals surface area contributed by atoms with Crippen LogP contribution in [0.25, 0.3) is 10.4 Å². The van der Waals surface area contributed by atoms with Gasteiger partial charge in [-0.3, -0.25) is 0 Å². The number of ether oxygens (including phenoxy) is 4. The van der Waals surface area contributed by atoms with Crippen molar-refractivity contribution in [3.8, 4) is 0 Å². The molecule has 120 valence electrons. The Morgan fingerprint density at radius 3 is 2.50 bits per heavy atom. The van der Waals surface area contributed by atoms with Crippen LogP contribution in [-0.2, 0) is 25.6 Å². The van der Waals surface area contributed by atoms with E-state index in [2.05, 4.69) is 10.0 Å². The van der Waals surface area contributed by atoms with Crippen LogP contribution < -0.4 is 0 Å². The highest BCUT2D eigenvalue weighted by molar-refractivity contribution is 5.13. The molecule has 0 radical (unpaired) electrons. The SMILES string of the molecule is COC1C(OCc2ccccc2)[C@H](N=[N+]=[N-])C(C)O[C@@H]1OC. The lowest BCUT2D eigenvalue weighted by Crippen LogP contribution is -2.58. The molecule has 7 nitrogen and oxygen atoms in total. The van der Waals surface area contributed by atoms with Gasteiger partial charge in [0.2, 0.25) is 0 Å². The van der Waals surface area contributed by atoms with Gasteiger partial charge >= 0.3 is 0 Å². The number of nitrogens with zero attached hydrogens (tertiary/aromatic N) is 3. The molecule has 2 rings (SSSR count). The third-order valence-electron chi connectivity index (χ3n) is 3.73. The Labute approximate surface area is 129 Å². The van der Waals surface area contributed by atoms with E-state index >= 15 is 0 Å². The normalized spacial score (nSPS) is 31.5. The lowest BCUT2D eigenvalue weighted by atomic mass is 9.97. The highest BCUT2D eigenvalue weighted by atomic mass is 16.7. The van der Waals surface area contributed by atoms with Gasteiger partial charge in [0.25, 0.3) is 0 Å². The van der Waals surface area contributed by atoms with Gasteiger partial charge in [0.1, 0.15) is 12.2 Å². The van der Waals surface area contributed by atoms with E-state index in [4.69, 9.17) is 24.5 Å². The summed E-state index contributed by atoms with van der Waals surface area (Å²) < 4.78 is 22.5. The minimum absolute atomic E-state index is 0.326. The average Bonchev–Trinajstić information content (AvgIpc) is 2.55. The molecule has 0 spiro atoms. The molecule has 1 heterocycles. The molecule has 0 aromatic heterocycles. The third-order valence-corrected chi connectivity index (χ3v) is 3.73. The van der Waals surface area contributed by atoms with Crippen LogP contribution in [0.2, 0.25) is 0 Å². The summed E-state index contributed by atoms with van der Waals surface area (Å²) in [6, 6.07) is 9.30. The largest absolute Gasteiger partial charge is 0.373 e. The van der Waals surface area contributed by atoms with Crippen LogP contribution in [0.5, 0.6) is 0 Å². The fourth-order valence-electron chi connectivity index (χ4n) is 2.60. The Balaban J connectivity index is 2.17. The van der Waals surface area contributed by atoms with Crippen LogP contribution >= 0.6 is 0 Å². The summed E-state index contributed by atoms with van der Waals surface area (Å²) in [5, 5.41) is 3.82. The average molecular weight is 307 g/mol. The Morgan fingerprint density at radius 2 is 1.91 bits per heavy atom. The molecule has 0 bridgehead atoms. The van der Waals surface area contributed by atoms with Crippen molar-refractivity contribution in [1.29, 1.82) is 0 Å². The standard InChI is InChI=1S/C15H21N3O4/c1-10-12(17-18-16)13(14(19-2)15(20-3)22-10)21-9-11-7-5-4-6-8-11/h4-8,10,12-15H,9H2,1-3H3/t10?,12-,13?,14?,15+/m1/s1. The van der Waals surface area contributed by atoms with Crippen LogP contribution in [0.4, 0.5) is 0 Å². The van der Waals surface area contributed by atoms with E-state index < -0.39 is 24.5 Å². The maximum Gasteiger partial charge on any atom is 0.186 e. The molecule has 1 aromatic rings. The second-order valence-corrected chi connectivity index (χ2v) is 5.10. The molecule has 0 saturated carbocycles. The molecule has 7 heteroatoms. The van der Waals surface area contributed by atoms with Gasteiger partial charge < -0.3 is 18.9 Å². The van der Waals surface area contributed by atoms with E-state index in [1.165, 1.54) is 0 Å². The number of benzene rings is 1. The van der Waals surface area contributed by atoms with E-state index in [9.17, 15) is 0 Å². The molecule has 1 aromatic carbocycles. The fourth-order valence-corrected chi connectivity index (χ4v) is 2.60. The highest BCUT2D eigenvalue weighted by Gasteiger charge is 2.45. The molecule has 0 aliphatic carbocycles. The summed E-state index contributed by atoms with van der Waals surface area (Å²) in [6.07, 6.45) is -1.81. The first-order chi connectivity index (χ1) is 10.7. The molecule has 0 amide bonds. The Kier molecular flexibility index (Phi) is 6.18. The van der Waals surface area contributed by atoms with Gasteiger partial charge in [-0.15, -0.1) is 0 Å². The highest BCUT2D eigenvalue weighted by Crippen LogP contribution is 2.28. The molecule has 1 aliphatic rings. The maximum atomic E-state index is 8.80. The van der Waals surface area contributed by atoms with E-state index in [0.717, 1.165) is 5.56 Å². The topological polar surface area (TPSA) is 85.7 Å². The van der Waals surface area contributed by atoms with Crippen LogP contribution in [0.1, 0.15) is 12.5 Å². The number of hydrogen-bond acceptors (Lipinski definition) is 5. The van der Waals surface area contributed by atoms with Crippen LogP contribution in [0.3, 0.4) is 0 Å². The maximum absolute atomic E-state index is 8.80. The molecule has 3 unspecified atom stereocenters. The van der Waals surface area contributed by atoms with E-state index in [1.54, 1.807) is 14.2 Å². The van der Waals surface area contributed by atoms with Crippen molar-refractivity contribution >= 4 is 0 Å². The predicted octanol–water partition coefficient (Wildman–Crippen LogP) is 2.66. The quantitative estimate of drug-likeness (QED) is 0.459. The summed E-state index contributed by atoms with van der Waals surface area (Å²) in [6.45, 7) is 2.22. The zero-order chi connectivity index (χ0) is 15.9. The Morgan fingerprint density at radius 1 is 1.18 bits per heavy atom. The number of azide groups is 1. The molecule has 1 aliphatic heterocycles. The molecule has 1 fully saturated rings. The second-order valence-electron chi connectivity index (χ2n) is 5.10. The van der Waals surface area contributed by atoms with E-state index in [1.807, 2.05) is 37.3 Å². The summed E-state index contributed by atoms with van der Waals surface area (Å²) in [5.74, 6) is 0. The molecule has 0 N–H and O–H groups in total. The number of hydrogen-bond donors (Lipinski definition) is 0. The Bertz CT molecular complexity index is 507. The van der Waals surface area contributed by atoms with Crippen molar-refractivity contribution in [1.82, 2.24) is 0 Å². The molecule has 5 atom stereocenters. The molecule has 22 heavy (non-hydrogen) atoms. The first-order valence-corrected chi connectivity index (χ1v) is 7.12. The molecular weight excluding hydrogens is 286 g/mol. The summed E-state index contributed by atoms with van der Waals surface area (Å²) in [5.41, 5.74) is 9.83. The minimum Gasteiger partial charge on any atom is -0.373 e. The monoisotopic (exact) mass is 307 g/mol. The summed E-state index contributed by atoms with van der Waals surface area (Å²) in [4.78, 5) is 2.90. The smallest absolute Gasteiger partial charge is 0.186 e. The minimum atomic E-state index is -0.564. The van der Waals surface area contributed by atoms with Crippen molar-refractivity contribution in [3.63, 3.8) is 0 Å². The van der Waals surface area contributed by atoms with Crippen LogP contribution in [0, 0.1) is 0 Å². The van der Waals surface area contributed by atoms with Gasteiger partial charge in [-0.25, -0.2) is 0 Å². The van der Waals surface area contributed by atoms with Gasteiger partial charge in [0, 0.05) is 19.1 Å². The van der Waals surface area contributed by atoms with Gasteiger partial charge in [-0.1, -0.05) is 35.4 Å². The number of methoxy groups -OCH3 is 2.